The minimum atomic E-state index is -0.269. The van der Waals surface area contributed by atoms with E-state index in [9.17, 15) is 9.90 Å². The van der Waals surface area contributed by atoms with Gasteiger partial charge in [0.15, 0.2) is 11.5 Å². The molecule has 2 aromatic rings. The third kappa shape index (κ3) is 3.80. The minimum Gasteiger partial charge on any atom is -0.503 e. The molecule has 3 rings (SSSR count). The second-order valence-corrected chi connectivity index (χ2v) is 6.89. The van der Waals surface area contributed by atoms with Crippen LogP contribution in [0.3, 0.4) is 0 Å². The van der Waals surface area contributed by atoms with Crippen molar-refractivity contribution in [2.45, 2.75) is 20.8 Å². The van der Waals surface area contributed by atoms with Crippen molar-refractivity contribution in [2.24, 2.45) is 5.10 Å². The molecule has 0 bridgehead atoms. The Balaban J connectivity index is 1.97. The molecule has 0 aromatic heterocycles. The molecule has 0 unspecified atom stereocenters. The van der Waals surface area contributed by atoms with E-state index in [0.29, 0.717) is 34.2 Å². The van der Waals surface area contributed by atoms with Crippen LogP contribution in [0.25, 0.3) is 6.08 Å². The number of phenols is 1. The normalized spacial score (nSPS) is 15.4. The molecule has 0 saturated carbocycles. The van der Waals surface area contributed by atoms with Crippen LogP contribution in [-0.4, -0.2) is 23.3 Å². The number of anilines is 1. The molecule has 7 heteroatoms. The van der Waals surface area contributed by atoms with Gasteiger partial charge in [-0.2, -0.15) is 10.1 Å². The second kappa shape index (κ2) is 7.62. The zero-order chi connectivity index (χ0) is 19.7. The first-order chi connectivity index (χ1) is 12.8. The van der Waals surface area contributed by atoms with Crippen LogP contribution in [-0.2, 0) is 4.79 Å². The van der Waals surface area contributed by atoms with Gasteiger partial charge in [-0.25, -0.2) is 0 Å². The molecule has 2 aromatic carbocycles. The Morgan fingerprint density at radius 1 is 1.19 bits per heavy atom. The number of carbonyl (C=O) groups excluding carboxylic acids is 1. The fourth-order valence-corrected chi connectivity index (χ4v) is 3.08. The number of hydrazone groups is 1. The predicted molar refractivity (Wildman–Crippen MR) is 109 cm³/mol. The van der Waals surface area contributed by atoms with E-state index < -0.39 is 0 Å². The number of halogens is 2. The van der Waals surface area contributed by atoms with Crippen molar-refractivity contribution < 1.29 is 14.6 Å². The molecule has 1 heterocycles. The highest BCUT2D eigenvalue weighted by molar-refractivity contribution is 6.34. The third-order valence-corrected chi connectivity index (χ3v) is 4.82. The molecule has 0 radical (unpaired) electrons. The lowest BCUT2D eigenvalue weighted by Gasteiger charge is -2.13. The van der Waals surface area contributed by atoms with Crippen LogP contribution in [0.15, 0.2) is 41.0 Å². The zero-order valence-corrected chi connectivity index (χ0v) is 16.6. The first-order valence-electron chi connectivity index (χ1n) is 8.35. The first-order valence-corrected chi connectivity index (χ1v) is 9.10. The van der Waals surface area contributed by atoms with Crippen LogP contribution in [0, 0.1) is 6.92 Å². The molecular formula is C20H18Cl2N2O3. The lowest BCUT2D eigenvalue weighted by molar-refractivity contribution is -0.114. The molecular weight excluding hydrogens is 387 g/mol. The van der Waals surface area contributed by atoms with E-state index in [4.69, 9.17) is 27.9 Å². The van der Waals surface area contributed by atoms with Crippen LogP contribution in [0.4, 0.5) is 5.69 Å². The summed E-state index contributed by atoms with van der Waals surface area (Å²) in [5, 5.41) is 16.3. The fourth-order valence-electron chi connectivity index (χ4n) is 2.68. The van der Waals surface area contributed by atoms with Crippen LogP contribution >= 0.6 is 23.2 Å². The molecule has 140 valence electrons. The lowest BCUT2D eigenvalue weighted by atomic mass is 10.1. The van der Waals surface area contributed by atoms with E-state index >= 15 is 0 Å². The van der Waals surface area contributed by atoms with Gasteiger partial charge >= 0.3 is 0 Å². The number of hydrogen-bond acceptors (Lipinski definition) is 4. The van der Waals surface area contributed by atoms with Crippen LogP contribution < -0.4 is 9.75 Å². The summed E-state index contributed by atoms with van der Waals surface area (Å²) in [5.41, 5.74) is 3.14. The van der Waals surface area contributed by atoms with E-state index in [1.54, 1.807) is 44.2 Å². The Kier molecular flexibility index (Phi) is 5.44. The van der Waals surface area contributed by atoms with Gasteiger partial charge in [0.2, 0.25) is 0 Å². The molecule has 0 atom stereocenters. The smallest absolute Gasteiger partial charge is 0.280 e. The van der Waals surface area contributed by atoms with Crippen molar-refractivity contribution in [2.75, 3.05) is 11.6 Å². The summed E-state index contributed by atoms with van der Waals surface area (Å²) >= 11 is 12.2. The Hall–Kier alpha value is -2.50. The van der Waals surface area contributed by atoms with Gasteiger partial charge in [0.1, 0.15) is 0 Å². The summed E-state index contributed by atoms with van der Waals surface area (Å²) in [6, 6.07) is 8.54. The molecule has 0 aliphatic carbocycles. The van der Waals surface area contributed by atoms with Crippen molar-refractivity contribution in [1.82, 2.24) is 0 Å². The van der Waals surface area contributed by atoms with Gasteiger partial charge in [-0.15, -0.1) is 0 Å². The number of rotatable bonds is 4. The summed E-state index contributed by atoms with van der Waals surface area (Å²) < 4.78 is 5.39. The molecule has 1 N–H and O–H groups in total. The van der Waals surface area contributed by atoms with Crippen molar-refractivity contribution in [3.05, 3.63) is 57.1 Å². The van der Waals surface area contributed by atoms with Crippen LogP contribution in [0.2, 0.25) is 10.0 Å². The molecule has 1 aliphatic rings. The van der Waals surface area contributed by atoms with E-state index in [1.165, 1.54) is 5.01 Å². The Labute approximate surface area is 167 Å². The highest BCUT2D eigenvalue weighted by Crippen LogP contribution is 2.36. The Morgan fingerprint density at radius 2 is 1.93 bits per heavy atom. The number of amides is 1. The molecule has 0 fully saturated rings. The topological polar surface area (TPSA) is 62.1 Å². The predicted octanol–water partition coefficient (Wildman–Crippen LogP) is 5.21. The molecule has 5 nitrogen and oxygen atoms in total. The van der Waals surface area contributed by atoms with E-state index in [-0.39, 0.29) is 22.4 Å². The van der Waals surface area contributed by atoms with Crippen molar-refractivity contribution in [3.8, 4) is 11.5 Å². The highest BCUT2D eigenvalue weighted by Gasteiger charge is 2.29. The van der Waals surface area contributed by atoms with Crippen LogP contribution in [0.1, 0.15) is 25.0 Å². The minimum absolute atomic E-state index is 0.125. The summed E-state index contributed by atoms with van der Waals surface area (Å²) in [6.07, 6.45) is 1.67. The fraction of sp³-hybridized carbons (Fsp3) is 0.200. The average Bonchev–Trinajstić information content (AvgIpc) is 2.90. The van der Waals surface area contributed by atoms with E-state index in [1.807, 2.05) is 13.0 Å². The highest BCUT2D eigenvalue weighted by atomic mass is 35.5. The van der Waals surface area contributed by atoms with Gasteiger partial charge in [0.05, 0.1) is 28.6 Å². The standard InChI is InChI=1S/C20H18Cl2N2O3/c1-4-27-18-9-13(8-17(22)19(18)25)7-15-12(3)23-24(20(15)26)14-6-5-11(2)16(21)10-14/h5-10,25H,4H2,1-3H3/b15-7-. The van der Waals surface area contributed by atoms with Gasteiger partial charge in [-0.3, -0.25) is 4.79 Å². The molecule has 1 amide bonds. The van der Waals surface area contributed by atoms with Gasteiger partial charge in [-0.1, -0.05) is 29.3 Å². The third-order valence-electron chi connectivity index (χ3n) is 4.12. The maximum Gasteiger partial charge on any atom is 0.280 e. The number of phenolic OH excluding ortho intramolecular Hbond substituents is 1. The summed E-state index contributed by atoms with van der Waals surface area (Å²) in [4.78, 5) is 12.9. The average molecular weight is 405 g/mol. The van der Waals surface area contributed by atoms with Gasteiger partial charge in [0.25, 0.3) is 5.91 Å². The van der Waals surface area contributed by atoms with E-state index in [0.717, 1.165) is 5.56 Å². The summed E-state index contributed by atoms with van der Waals surface area (Å²) in [5.74, 6) is -0.131. The Bertz CT molecular complexity index is 983. The molecule has 0 saturated heterocycles. The van der Waals surface area contributed by atoms with Crippen molar-refractivity contribution in [3.63, 3.8) is 0 Å². The number of nitrogens with zero attached hydrogens (tertiary/aromatic N) is 2. The summed E-state index contributed by atoms with van der Waals surface area (Å²) in [6.45, 7) is 5.83. The number of aryl methyl sites for hydroxylation is 1. The first kappa shape index (κ1) is 19.3. The molecule has 27 heavy (non-hydrogen) atoms. The SMILES string of the molecule is CCOc1cc(/C=C2\C(=O)N(c3ccc(C)c(Cl)c3)N=C2C)cc(Cl)c1O. The largest absolute Gasteiger partial charge is 0.503 e. The number of carbonyl (C=O) groups is 1. The van der Waals surface area contributed by atoms with Crippen molar-refractivity contribution >= 4 is 46.6 Å². The van der Waals surface area contributed by atoms with Crippen LogP contribution in [0.5, 0.6) is 11.5 Å². The van der Waals surface area contributed by atoms with Gasteiger partial charge < -0.3 is 9.84 Å². The quantitative estimate of drug-likeness (QED) is 0.711. The maximum absolute atomic E-state index is 12.9. The Morgan fingerprint density at radius 3 is 2.59 bits per heavy atom. The van der Waals surface area contributed by atoms with Gasteiger partial charge in [0, 0.05) is 5.02 Å². The lowest BCUT2D eigenvalue weighted by Crippen LogP contribution is -2.21. The molecule has 1 aliphatic heterocycles. The zero-order valence-electron chi connectivity index (χ0n) is 15.1. The number of ether oxygens (including phenoxy) is 1. The van der Waals surface area contributed by atoms with Gasteiger partial charge in [-0.05, 0) is 62.2 Å². The second-order valence-electron chi connectivity index (χ2n) is 6.08. The number of hydrogen-bond donors (Lipinski definition) is 1. The molecule has 0 spiro atoms. The number of aromatic hydroxyl groups is 1. The monoisotopic (exact) mass is 404 g/mol. The summed E-state index contributed by atoms with van der Waals surface area (Å²) in [7, 11) is 0. The maximum atomic E-state index is 12.9. The number of benzene rings is 2. The van der Waals surface area contributed by atoms with Crippen molar-refractivity contribution in [1.29, 1.82) is 0 Å². The van der Waals surface area contributed by atoms with E-state index in [2.05, 4.69) is 5.10 Å².